The average Bonchev–Trinajstić information content (AvgIpc) is 4.06. The predicted molar refractivity (Wildman–Crippen MR) is 278 cm³/mol. The van der Waals surface area contributed by atoms with Gasteiger partial charge in [-0.15, -0.1) is 0 Å². The second-order valence-electron chi connectivity index (χ2n) is 22.5. The Kier molecular flexibility index (Phi) is 17.3. The number of anilines is 1. The Morgan fingerprint density at radius 3 is 2.00 bits per heavy atom. The number of nitrogens with one attached hydrogen (secondary N) is 2. The fraction of sp³-hybridized carbons (Fsp3) is 0.544. The molecule has 4 aliphatic rings. The number of aromatic nitrogens is 3. The number of aliphatic hydroxyl groups excluding tert-OH is 1. The summed E-state index contributed by atoms with van der Waals surface area (Å²) >= 11 is 0. The summed E-state index contributed by atoms with van der Waals surface area (Å²) in [7, 11) is 2.22. The van der Waals surface area contributed by atoms with Crippen LogP contribution in [-0.4, -0.2) is 137 Å². The van der Waals surface area contributed by atoms with E-state index in [0.717, 1.165) is 88.2 Å². The number of nitrogens with zero attached hydrogens (tertiary/aromatic N) is 6. The zero-order chi connectivity index (χ0) is 54.5. The average molecular weight is 1050 g/mol. The molecule has 4 aromatic rings. The molecule has 8 rings (SSSR count). The van der Waals surface area contributed by atoms with Crippen LogP contribution in [0.4, 0.5) is 23.8 Å². The highest BCUT2D eigenvalue weighted by Crippen LogP contribution is 2.42. The standard InChI is InChI=1S/C57H71F3N8O8/c1-55(2,3)47(26-51(71)74-6)53(72)64-66(29-39-14-17-40(18-15-39)42-28-62-67(30-42)43-19-20-43)33-49(70)41(25-48(69)52(63-54(73)75-7)56(4,5)57(58,59)60)24-37-11-8-36(9-12-37)10-13-38-16-23-50(61-27-38)65-31-44-21-22-45(32-65)68(44)46-34-76-35-46/h8-9,11-12,14-18,23,27-28,30,41,43-47,49,52,70H,19-22,24-26,29,31-35H2,1-7H3,(H,63,73)(H,64,72)/t41-,44?,45?,47-,49+,52-/m1/s1. The third-order valence-electron chi connectivity index (χ3n) is 15.5. The van der Waals surface area contributed by atoms with Gasteiger partial charge in [-0.25, -0.2) is 14.8 Å². The molecule has 2 amide bonds. The summed E-state index contributed by atoms with van der Waals surface area (Å²) in [6, 6.07) is 18.5. The summed E-state index contributed by atoms with van der Waals surface area (Å²) in [5, 5.41) is 20.4. The number of methoxy groups -OCH3 is 2. The molecule has 3 aliphatic heterocycles. The van der Waals surface area contributed by atoms with Gasteiger partial charge in [-0.05, 0) is 98.2 Å². The largest absolute Gasteiger partial charge is 0.469 e. The lowest BCUT2D eigenvalue weighted by atomic mass is 9.77. The molecular weight excluding hydrogens is 982 g/mol. The maximum absolute atomic E-state index is 14.6. The number of benzene rings is 2. The topological polar surface area (TPSA) is 181 Å². The molecule has 2 bridgehead atoms. The number of pyridine rings is 1. The van der Waals surface area contributed by atoms with Gasteiger partial charge in [0.25, 0.3) is 0 Å². The van der Waals surface area contributed by atoms with Crippen molar-refractivity contribution in [3.63, 3.8) is 0 Å². The van der Waals surface area contributed by atoms with E-state index in [0.29, 0.717) is 35.3 Å². The maximum atomic E-state index is 14.6. The number of hydrogen-bond acceptors (Lipinski definition) is 13. The van der Waals surface area contributed by atoms with Crippen LogP contribution in [0.5, 0.6) is 0 Å². The minimum atomic E-state index is -4.93. The van der Waals surface area contributed by atoms with Crippen molar-refractivity contribution in [1.29, 1.82) is 0 Å². The summed E-state index contributed by atoms with van der Waals surface area (Å²) < 4.78 is 60.9. The first-order valence-electron chi connectivity index (χ1n) is 26.1. The molecule has 4 fully saturated rings. The number of alkyl halides is 3. The van der Waals surface area contributed by atoms with Gasteiger partial charge >= 0.3 is 18.2 Å². The van der Waals surface area contributed by atoms with E-state index in [-0.39, 0.29) is 25.9 Å². The molecule has 0 spiro atoms. The highest BCUT2D eigenvalue weighted by molar-refractivity contribution is 5.88. The van der Waals surface area contributed by atoms with Crippen molar-refractivity contribution < 1.29 is 51.7 Å². The van der Waals surface area contributed by atoms with Crippen molar-refractivity contribution in [3.8, 4) is 23.0 Å². The smallest absolute Gasteiger partial charge is 0.407 e. The molecule has 16 nitrogen and oxygen atoms in total. The van der Waals surface area contributed by atoms with Crippen LogP contribution in [-0.2, 0) is 41.6 Å². The number of carbonyl (C=O) groups is 4. The van der Waals surface area contributed by atoms with Gasteiger partial charge in [0.05, 0.1) is 69.6 Å². The Morgan fingerprint density at radius 1 is 0.803 bits per heavy atom. The second-order valence-corrected chi connectivity index (χ2v) is 22.5. The molecule has 1 saturated carbocycles. The Hall–Kier alpha value is -6.33. The third kappa shape index (κ3) is 13.6. The quantitative estimate of drug-likeness (QED) is 0.0457. The lowest BCUT2D eigenvalue weighted by Gasteiger charge is -2.47. The molecule has 76 heavy (non-hydrogen) atoms. The van der Waals surface area contributed by atoms with Gasteiger partial charge in [-0.1, -0.05) is 69.0 Å². The summed E-state index contributed by atoms with van der Waals surface area (Å²) in [4.78, 5) is 63.4. The number of ether oxygens (including phenoxy) is 3. The van der Waals surface area contributed by atoms with E-state index < -0.39 is 71.2 Å². The van der Waals surface area contributed by atoms with Crippen molar-refractivity contribution >= 4 is 29.6 Å². The summed E-state index contributed by atoms with van der Waals surface area (Å²) in [5.41, 5.74) is 4.09. The first-order chi connectivity index (χ1) is 36.1. The lowest BCUT2D eigenvalue weighted by Crippen LogP contribution is -2.62. The van der Waals surface area contributed by atoms with E-state index >= 15 is 0 Å². The molecular formula is C57H71F3N8O8. The number of Topliss-reactive ketones (excluding diaryl/α,β-unsaturated/α-hetero) is 1. The molecule has 1 aliphatic carbocycles. The van der Waals surface area contributed by atoms with Crippen LogP contribution < -0.4 is 15.6 Å². The van der Waals surface area contributed by atoms with Crippen molar-refractivity contribution in [2.45, 2.75) is 129 Å². The zero-order valence-electron chi connectivity index (χ0n) is 44.4. The number of hydrogen-bond donors (Lipinski definition) is 3. The minimum absolute atomic E-state index is 0.00573. The SMILES string of the molecule is COC(=O)C[C@H](C(=O)NN(Cc1ccc(-c2cnn(C3CC3)c2)cc1)C[C@H](O)[C@@H](CC(=O)[C@@H](NC(=O)OC)C(C)(C)C(F)(F)F)Cc1ccc(C#Cc2ccc(N3CC4CCC(C3)N4C3COC3)nc2)cc1)C(C)(C)C. The summed E-state index contributed by atoms with van der Waals surface area (Å²) in [6.07, 6.45) is 1.66. The van der Waals surface area contributed by atoms with Crippen LogP contribution in [0.1, 0.15) is 101 Å². The van der Waals surface area contributed by atoms with E-state index in [9.17, 15) is 37.5 Å². The molecule has 3 N–H and O–H groups in total. The highest BCUT2D eigenvalue weighted by atomic mass is 19.4. The number of hydrazine groups is 1. The van der Waals surface area contributed by atoms with E-state index in [4.69, 9.17) is 14.5 Å². The van der Waals surface area contributed by atoms with Gasteiger partial charge in [0, 0.05) is 73.8 Å². The van der Waals surface area contributed by atoms with Gasteiger partial charge in [0.15, 0.2) is 5.78 Å². The molecule has 0 radical (unpaired) electrons. The number of carbonyl (C=O) groups excluding carboxylic acids is 4. The van der Waals surface area contributed by atoms with Gasteiger partial charge in [-0.2, -0.15) is 18.3 Å². The first-order valence-corrected chi connectivity index (χ1v) is 26.1. The summed E-state index contributed by atoms with van der Waals surface area (Å²) in [5.74, 6) is 3.25. The van der Waals surface area contributed by atoms with E-state index in [1.54, 1.807) is 30.5 Å². The van der Waals surface area contributed by atoms with Gasteiger partial charge < -0.3 is 29.5 Å². The van der Waals surface area contributed by atoms with Crippen LogP contribution in [0.3, 0.4) is 0 Å². The number of rotatable bonds is 20. The monoisotopic (exact) mass is 1050 g/mol. The molecule has 2 aromatic carbocycles. The molecule has 2 aromatic heterocycles. The lowest BCUT2D eigenvalue weighted by molar-refractivity contribution is -0.220. The predicted octanol–water partition coefficient (Wildman–Crippen LogP) is 7.28. The number of ketones is 1. The maximum Gasteiger partial charge on any atom is 0.407 e. The van der Waals surface area contributed by atoms with Crippen molar-refractivity contribution in [3.05, 3.63) is 102 Å². The van der Waals surface area contributed by atoms with Crippen LogP contribution in [0.25, 0.3) is 11.1 Å². The van der Waals surface area contributed by atoms with Gasteiger partial charge in [0.2, 0.25) is 5.91 Å². The number of alkyl carbamates (subject to hydrolysis) is 1. The van der Waals surface area contributed by atoms with E-state index in [1.807, 2.05) is 74.2 Å². The molecule has 408 valence electrons. The number of amides is 2. The molecule has 3 saturated heterocycles. The van der Waals surface area contributed by atoms with Crippen LogP contribution in [0.15, 0.2) is 79.3 Å². The number of esters is 1. The summed E-state index contributed by atoms with van der Waals surface area (Å²) in [6.45, 7) is 10.3. The fourth-order valence-corrected chi connectivity index (χ4v) is 10.5. The number of fused-ring (bicyclic) bond motifs is 2. The van der Waals surface area contributed by atoms with Crippen molar-refractivity contribution in [2.75, 3.05) is 52.0 Å². The first kappa shape index (κ1) is 55.9. The second kappa shape index (κ2) is 23.5. The zero-order valence-corrected chi connectivity index (χ0v) is 44.4. The number of piperazine rings is 1. The molecule has 2 unspecified atom stereocenters. The van der Waals surface area contributed by atoms with Crippen molar-refractivity contribution in [1.82, 2.24) is 35.4 Å². The number of aliphatic hydroxyl groups is 1. The Labute approximate surface area is 443 Å². The Bertz CT molecular complexity index is 2710. The number of halogens is 3. The Balaban J connectivity index is 1.02. The normalized spacial score (nSPS) is 19.7. The fourth-order valence-electron chi connectivity index (χ4n) is 10.5. The molecule has 6 atom stereocenters. The van der Waals surface area contributed by atoms with E-state index in [2.05, 4.69) is 42.2 Å². The Morgan fingerprint density at radius 2 is 1.43 bits per heavy atom. The van der Waals surface area contributed by atoms with Crippen LogP contribution in [0, 0.1) is 34.5 Å². The highest BCUT2D eigenvalue weighted by Gasteiger charge is 2.55. The van der Waals surface area contributed by atoms with Crippen LogP contribution in [0.2, 0.25) is 0 Å². The van der Waals surface area contributed by atoms with Gasteiger partial charge in [0.1, 0.15) is 11.9 Å². The molecule has 19 heteroatoms. The molecule has 5 heterocycles. The van der Waals surface area contributed by atoms with Gasteiger partial charge in [-0.3, -0.25) is 29.4 Å². The van der Waals surface area contributed by atoms with E-state index in [1.165, 1.54) is 25.0 Å². The van der Waals surface area contributed by atoms with Crippen molar-refractivity contribution in [2.24, 2.45) is 22.7 Å². The third-order valence-corrected chi connectivity index (χ3v) is 15.5. The van der Waals surface area contributed by atoms with Crippen LogP contribution >= 0.6 is 0 Å². The minimum Gasteiger partial charge on any atom is -0.469 e.